The largest absolute Gasteiger partial charge is 0.459 e. The van der Waals surface area contributed by atoms with E-state index in [-0.39, 0.29) is 5.91 Å². The summed E-state index contributed by atoms with van der Waals surface area (Å²) in [6.45, 7) is 10.7. The van der Waals surface area contributed by atoms with Gasteiger partial charge in [0.1, 0.15) is 0 Å². The molecular weight excluding hydrogens is 328 g/mol. The zero-order valence-electron chi connectivity index (χ0n) is 16.6. The van der Waals surface area contributed by atoms with Crippen LogP contribution in [-0.2, 0) is 0 Å². The van der Waals surface area contributed by atoms with E-state index in [1.165, 1.54) is 25.5 Å². The highest BCUT2D eigenvalue weighted by Crippen LogP contribution is 2.28. The Balaban J connectivity index is 1.74. The molecule has 1 fully saturated rings. The Labute approximate surface area is 157 Å². The van der Waals surface area contributed by atoms with Gasteiger partial charge in [-0.1, -0.05) is 13.8 Å². The lowest BCUT2D eigenvalue weighted by Crippen LogP contribution is -2.46. The van der Waals surface area contributed by atoms with Gasteiger partial charge in [-0.05, 0) is 57.4 Å². The number of rotatable bonds is 7. The zero-order valence-corrected chi connectivity index (χ0v) is 16.6. The molecule has 0 aliphatic heterocycles. The van der Waals surface area contributed by atoms with Crippen molar-refractivity contribution in [3.63, 3.8) is 0 Å². The van der Waals surface area contributed by atoms with Gasteiger partial charge in [0.2, 0.25) is 0 Å². The highest BCUT2D eigenvalue weighted by Gasteiger charge is 2.24. The van der Waals surface area contributed by atoms with Gasteiger partial charge in [0.05, 0.1) is 6.26 Å². The molecule has 1 heterocycles. The Bertz CT molecular complexity index is 586. The maximum atomic E-state index is 12.0. The smallest absolute Gasteiger partial charge is 0.287 e. The summed E-state index contributed by atoms with van der Waals surface area (Å²) in [4.78, 5) is 16.6. The number of aryl methyl sites for hydroxylation is 1. The first kappa shape index (κ1) is 20.3. The lowest BCUT2D eigenvalue weighted by Gasteiger charge is -2.32. The lowest BCUT2D eigenvalue weighted by molar-refractivity contribution is 0.0925. The summed E-state index contributed by atoms with van der Waals surface area (Å²) in [5.41, 5.74) is 0.857. The van der Waals surface area contributed by atoms with E-state index >= 15 is 0 Å². The van der Waals surface area contributed by atoms with E-state index in [0.717, 1.165) is 36.3 Å². The van der Waals surface area contributed by atoms with Crippen molar-refractivity contribution in [3.05, 3.63) is 23.7 Å². The van der Waals surface area contributed by atoms with E-state index in [2.05, 4.69) is 41.7 Å². The molecule has 3 N–H and O–H groups in total. The Hall–Kier alpha value is -1.98. The van der Waals surface area contributed by atoms with E-state index in [1.807, 2.05) is 6.92 Å². The fourth-order valence-corrected chi connectivity index (χ4v) is 3.74. The van der Waals surface area contributed by atoms with Gasteiger partial charge in [0.25, 0.3) is 5.91 Å². The second kappa shape index (κ2) is 10.2. The molecule has 0 aromatic carbocycles. The van der Waals surface area contributed by atoms with Crippen LogP contribution in [0.1, 0.15) is 62.6 Å². The normalized spacial score (nSPS) is 23.5. The van der Waals surface area contributed by atoms with E-state index in [0.29, 0.717) is 24.9 Å². The summed E-state index contributed by atoms with van der Waals surface area (Å²) >= 11 is 0. The summed E-state index contributed by atoms with van der Waals surface area (Å²) < 4.78 is 5.20. The van der Waals surface area contributed by atoms with Crippen LogP contribution < -0.4 is 16.0 Å². The van der Waals surface area contributed by atoms with Crippen molar-refractivity contribution in [2.75, 3.05) is 19.6 Å². The number of aliphatic imine (C=N–C) groups is 1. The van der Waals surface area contributed by atoms with Crippen LogP contribution in [0.2, 0.25) is 0 Å². The van der Waals surface area contributed by atoms with E-state index in [4.69, 9.17) is 4.42 Å². The Kier molecular flexibility index (Phi) is 8.01. The standard InChI is InChI=1S/C20H34N4O2/c1-5-21-20(24-17-12-14(2)11-15(3)13-17)23-9-6-8-22-19(25)18-16(4)7-10-26-18/h7,10,14-15,17H,5-6,8-9,11-13H2,1-4H3,(H,22,25)(H2,21,23,24). The summed E-state index contributed by atoms with van der Waals surface area (Å²) in [6.07, 6.45) is 6.05. The molecule has 0 radical (unpaired) electrons. The van der Waals surface area contributed by atoms with Crippen molar-refractivity contribution in [2.24, 2.45) is 16.8 Å². The first-order valence-corrected chi connectivity index (χ1v) is 9.86. The van der Waals surface area contributed by atoms with Gasteiger partial charge in [-0.2, -0.15) is 0 Å². The number of amides is 1. The van der Waals surface area contributed by atoms with Crippen molar-refractivity contribution >= 4 is 11.9 Å². The molecule has 0 saturated heterocycles. The molecule has 146 valence electrons. The number of carbonyl (C=O) groups excluding carboxylic acids is 1. The number of hydrogen-bond donors (Lipinski definition) is 3. The molecule has 6 heteroatoms. The first-order valence-electron chi connectivity index (χ1n) is 9.86. The minimum Gasteiger partial charge on any atom is -0.459 e. The SMILES string of the molecule is CCNC(=NCCCNC(=O)c1occc1C)NC1CC(C)CC(C)C1. The molecule has 6 nitrogen and oxygen atoms in total. The summed E-state index contributed by atoms with van der Waals surface area (Å²) in [5.74, 6) is 2.64. The van der Waals surface area contributed by atoms with Crippen LogP contribution in [0.5, 0.6) is 0 Å². The maximum absolute atomic E-state index is 12.0. The molecule has 1 saturated carbocycles. The fourth-order valence-electron chi connectivity index (χ4n) is 3.74. The van der Waals surface area contributed by atoms with Crippen LogP contribution in [0.3, 0.4) is 0 Å². The molecule has 1 aromatic heterocycles. The number of guanidine groups is 1. The third-order valence-electron chi connectivity index (χ3n) is 4.82. The summed E-state index contributed by atoms with van der Waals surface area (Å²) in [6, 6.07) is 2.29. The quantitative estimate of drug-likeness (QED) is 0.396. The monoisotopic (exact) mass is 362 g/mol. The number of nitrogens with zero attached hydrogens (tertiary/aromatic N) is 1. The lowest BCUT2D eigenvalue weighted by atomic mass is 9.80. The molecule has 1 aromatic rings. The third kappa shape index (κ3) is 6.39. The maximum Gasteiger partial charge on any atom is 0.287 e. The molecule has 1 amide bonds. The van der Waals surface area contributed by atoms with Crippen molar-refractivity contribution in [1.82, 2.24) is 16.0 Å². The molecule has 26 heavy (non-hydrogen) atoms. The van der Waals surface area contributed by atoms with Gasteiger partial charge < -0.3 is 20.4 Å². The zero-order chi connectivity index (χ0) is 18.9. The fraction of sp³-hybridized carbons (Fsp3) is 0.700. The molecule has 1 aliphatic rings. The highest BCUT2D eigenvalue weighted by molar-refractivity contribution is 5.92. The van der Waals surface area contributed by atoms with Crippen molar-refractivity contribution in [2.45, 2.75) is 59.4 Å². The molecule has 0 bridgehead atoms. The van der Waals surface area contributed by atoms with E-state index in [9.17, 15) is 4.79 Å². The van der Waals surface area contributed by atoms with Crippen molar-refractivity contribution in [3.8, 4) is 0 Å². The predicted octanol–water partition coefficient (Wildman–Crippen LogP) is 3.09. The summed E-state index contributed by atoms with van der Waals surface area (Å²) in [7, 11) is 0. The van der Waals surface area contributed by atoms with Crippen LogP contribution in [-0.4, -0.2) is 37.5 Å². The molecule has 1 aliphatic carbocycles. The second-order valence-corrected chi connectivity index (χ2v) is 7.56. The topological polar surface area (TPSA) is 78.7 Å². The van der Waals surface area contributed by atoms with E-state index in [1.54, 1.807) is 6.07 Å². The van der Waals surface area contributed by atoms with Gasteiger partial charge in [-0.3, -0.25) is 9.79 Å². The van der Waals surface area contributed by atoms with Crippen molar-refractivity contribution < 1.29 is 9.21 Å². The Morgan fingerprint density at radius 1 is 1.23 bits per heavy atom. The van der Waals surface area contributed by atoms with Gasteiger partial charge in [-0.25, -0.2) is 0 Å². The number of nitrogens with one attached hydrogen (secondary N) is 3. The molecule has 2 rings (SSSR count). The van der Waals surface area contributed by atoms with Crippen molar-refractivity contribution in [1.29, 1.82) is 0 Å². The molecule has 0 spiro atoms. The Morgan fingerprint density at radius 3 is 2.58 bits per heavy atom. The number of hydrogen-bond acceptors (Lipinski definition) is 3. The van der Waals surface area contributed by atoms with Crippen LogP contribution in [0.25, 0.3) is 0 Å². The van der Waals surface area contributed by atoms with E-state index < -0.39 is 0 Å². The van der Waals surface area contributed by atoms with Crippen LogP contribution in [0, 0.1) is 18.8 Å². The first-order chi connectivity index (χ1) is 12.5. The third-order valence-corrected chi connectivity index (χ3v) is 4.82. The second-order valence-electron chi connectivity index (χ2n) is 7.56. The minimum atomic E-state index is -0.160. The van der Waals surface area contributed by atoms with Crippen LogP contribution in [0.15, 0.2) is 21.7 Å². The van der Waals surface area contributed by atoms with Gasteiger partial charge in [-0.15, -0.1) is 0 Å². The molecule has 2 unspecified atom stereocenters. The van der Waals surface area contributed by atoms with Gasteiger partial charge in [0.15, 0.2) is 11.7 Å². The van der Waals surface area contributed by atoms with Gasteiger partial charge in [0, 0.05) is 31.2 Å². The average Bonchev–Trinajstić information content (AvgIpc) is 2.99. The number of carbonyl (C=O) groups is 1. The van der Waals surface area contributed by atoms with Crippen LogP contribution in [0.4, 0.5) is 0 Å². The number of furan rings is 1. The predicted molar refractivity (Wildman–Crippen MR) is 105 cm³/mol. The Morgan fingerprint density at radius 2 is 1.96 bits per heavy atom. The average molecular weight is 363 g/mol. The highest BCUT2D eigenvalue weighted by atomic mass is 16.3. The van der Waals surface area contributed by atoms with Gasteiger partial charge >= 0.3 is 0 Å². The molecule has 2 atom stereocenters. The van der Waals surface area contributed by atoms with Crippen LogP contribution >= 0.6 is 0 Å². The minimum absolute atomic E-state index is 0.160. The summed E-state index contributed by atoms with van der Waals surface area (Å²) in [5, 5.41) is 9.79. The molecular formula is C20H34N4O2.